The van der Waals surface area contributed by atoms with Crippen LogP contribution in [0.5, 0.6) is 0 Å². The minimum absolute atomic E-state index is 0.0764. The number of carbonyl (C=O) groups is 1. The van der Waals surface area contributed by atoms with Gasteiger partial charge in [0.25, 0.3) is 0 Å². The number of likely N-dealkylation sites (tertiary alicyclic amines) is 1. The van der Waals surface area contributed by atoms with Gasteiger partial charge in [-0.2, -0.15) is 0 Å². The summed E-state index contributed by atoms with van der Waals surface area (Å²) in [6.07, 6.45) is 4.78. The Morgan fingerprint density at radius 3 is 2.46 bits per heavy atom. The van der Waals surface area contributed by atoms with Crippen LogP contribution < -0.4 is 0 Å². The lowest BCUT2D eigenvalue weighted by Gasteiger charge is -2.43. The van der Waals surface area contributed by atoms with Gasteiger partial charge in [0.2, 0.25) is 5.91 Å². The maximum Gasteiger partial charge on any atom is 0.225 e. The Morgan fingerprint density at radius 1 is 1.17 bits per heavy atom. The molecule has 1 spiro atoms. The van der Waals surface area contributed by atoms with Crippen molar-refractivity contribution in [2.24, 2.45) is 11.3 Å². The SMILES string of the molecule is CCCN1CCC2(CC1)Cc1ccccc1CN(C(=O)C(C)C)C2. The quantitative estimate of drug-likeness (QED) is 0.844. The summed E-state index contributed by atoms with van der Waals surface area (Å²) in [4.78, 5) is 17.5. The summed E-state index contributed by atoms with van der Waals surface area (Å²) in [5, 5.41) is 0. The molecule has 1 aromatic rings. The topological polar surface area (TPSA) is 23.6 Å². The van der Waals surface area contributed by atoms with Gasteiger partial charge in [-0.1, -0.05) is 45.0 Å². The van der Waals surface area contributed by atoms with Crippen molar-refractivity contribution in [1.82, 2.24) is 9.80 Å². The van der Waals surface area contributed by atoms with Crippen LogP contribution in [0, 0.1) is 11.3 Å². The highest BCUT2D eigenvalue weighted by atomic mass is 16.2. The second kappa shape index (κ2) is 7.26. The van der Waals surface area contributed by atoms with Crippen LogP contribution in [0.2, 0.25) is 0 Å². The minimum Gasteiger partial charge on any atom is -0.338 e. The molecule has 0 unspecified atom stereocenters. The van der Waals surface area contributed by atoms with Gasteiger partial charge in [0.15, 0.2) is 0 Å². The number of nitrogens with zero attached hydrogens (tertiary/aromatic N) is 2. The van der Waals surface area contributed by atoms with Gasteiger partial charge >= 0.3 is 0 Å². The lowest BCUT2D eigenvalue weighted by Crippen LogP contribution is -2.48. The summed E-state index contributed by atoms with van der Waals surface area (Å²) >= 11 is 0. The van der Waals surface area contributed by atoms with E-state index >= 15 is 0 Å². The van der Waals surface area contributed by atoms with Gasteiger partial charge in [0, 0.05) is 19.0 Å². The number of piperidine rings is 1. The number of carbonyl (C=O) groups excluding carboxylic acids is 1. The van der Waals surface area contributed by atoms with Crippen molar-refractivity contribution in [3.8, 4) is 0 Å². The third-order valence-corrected chi connectivity index (χ3v) is 5.83. The molecule has 0 saturated carbocycles. The van der Waals surface area contributed by atoms with Gasteiger partial charge in [-0.15, -0.1) is 0 Å². The maximum atomic E-state index is 12.8. The first kappa shape index (κ1) is 17.5. The normalized spacial score (nSPS) is 20.9. The summed E-state index contributed by atoms with van der Waals surface area (Å²) in [5.41, 5.74) is 3.07. The van der Waals surface area contributed by atoms with Crippen molar-refractivity contribution in [3.63, 3.8) is 0 Å². The standard InChI is InChI=1S/C21H32N2O/c1-4-11-22-12-9-21(10-13-22)14-18-7-5-6-8-19(18)15-23(16-21)20(24)17(2)3/h5-8,17H,4,9-16H2,1-3H3. The molecule has 1 saturated heterocycles. The van der Waals surface area contributed by atoms with E-state index in [0.29, 0.717) is 5.91 Å². The van der Waals surface area contributed by atoms with E-state index in [1.54, 1.807) is 0 Å². The van der Waals surface area contributed by atoms with Gasteiger partial charge in [-0.25, -0.2) is 0 Å². The van der Waals surface area contributed by atoms with E-state index in [1.165, 1.54) is 50.0 Å². The number of hydrogen-bond acceptors (Lipinski definition) is 2. The van der Waals surface area contributed by atoms with Crippen LogP contribution >= 0.6 is 0 Å². The third-order valence-electron chi connectivity index (χ3n) is 5.83. The predicted octanol–water partition coefficient (Wildman–Crippen LogP) is 3.72. The van der Waals surface area contributed by atoms with Crippen LogP contribution in [0.25, 0.3) is 0 Å². The Labute approximate surface area is 147 Å². The molecule has 0 aromatic heterocycles. The van der Waals surface area contributed by atoms with E-state index in [9.17, 15) is 4.79 Å². The fourth-order valence-corrected chi connectivity index (χ4v) is 4.43. The van der Waals surface area contributed by atoms with Gasteiger partial charge < -0.3 is 9.80 Å². The largest absolute Gasteiger partial charge is 0.338 e. The van der Waals surface area contributed by atoms with Gasteiger partial charge in [-0.05, 0) is 61.9 Å². The lowest BCUT2D eigenvalue weighted by molar-refractivity contribution is -0.137. The average molecular weight is 329 g/mol. The van der Waals surface area contributed by atoms with Crippen molar-refractivity contribution >= 4 is 5.91 Å². The molecular weight excluding hydrogens is 296 g/mol. The highest BCUT2D eigenvalue weighted by molar-refractivity contribution is 5.78. The number of hydrogen-bond donors (Lipinski definition) is 0. The van der Waals surface area contributed by atoms with Crippen molar-refractivity contribution in [3.05, 3.63) is 35.4 Å². The Balaban J connectivity index is 1.85. The molecule has 1 amide bonds. The van der Waals surface area contributed by atoms with E-state index in [4.69, 9.17) is 0 Å². The highest BCUT2D eigenvalue weighted by Gasteiger charge is 2.39. The summed E-state index contributed by atoms with van der Waals surface area (Å²) in [6, 6.07) is 8.75. The molecule has 0 aliphatic carbocycles. The molecule has 3 nitrogen and oxygen atoms in total. The number of fused-ring (bicyclic) bond motifs is 1. The molecule has 3 heteroatoms. The summed E-state index contributed by atoms with van der Waals surface area (Å²) in [5.74, 6) is 0.384. The maximum absolute atomic E-state index is 12.8. The van der Waals surface area contributed by atoms with E-state index < -0.39 is 0 Å². The molecule has 0 radical (unpaired) electrons. The molecule has 1 aromatic carbocycles. The average Bonchev–Trinajstić information content (AvgIpc) is 2.73. The highest BCUT2D eigenvalue weighted by Crippen LogP contribution is 2.39. The molecule has 1 fully saturated rings. The second-order valence-corrected chi connectivity index (χ2v) is 8.14. The molecular formula is C21H32N2O. The predicted molar refractivity (Wildman–Crippen MR) is 98.8 cm³/mol. The summed E-state index contributed by atoms with van der Waals surface area (Å²) in [7, 11) is 0. The Kier molecular flexibility index (Phi) is 5.29. The first-order valence-electron chi connectivity index (χ1n) is 9.61. The van der Waals surface area contributed by atoms with E-state index in [-0.39, 0.29) is 11.3 Å². The van der Waals surface area contributed by atoms with Gasteiger partial charge in [0.1, 0.15) is 0 Å². The van der Waals surface area contributed by atoms with Crippen LogP contribution in [-0.4, -0.2) is 41.9 Å². The molecule has 0 bridgehead atoms. The van der Waals surface area contributed by atoms with Crippen LogP contribution in [0.3, 0.4) is 0 Å². The summed E-state index contributed by atoms with van der Waals surface area (Å²) in [6.45, 7) is 11.6. The molecule has 0 N–H and O–H groups in total. The third kappa shape index (κ3) is 3.66. The lowest BCUT2D eigenvalue weighted by atomic mass is 9.73. The smallest absolute Gasteiger partial charge is 0.225 e. The van der Waals surface area contributed by atoms with Crippen LogP contribution in [-0.2, 0) is 17.8 Å². The van der Waals surface area contributed by atoms with Crippen molar-refractivity contribution in [2.45, 2.75) is 53.0 Å². The van der Waals surface area contributed by atoms with Crippen molar-refractivity contribution < 1.29 is 4.79 Å². The van der Waals surface area contributed by atoms with Gasteiger partial charge in [0.05, 0.1) is 0 Å². The zero-order valence-corrected chi connectivity index (χ0v) is 15.6. The molecule has 0 atom stereocenters. The molecule has 2 heterocycles. The van der Waals surface area contributed by atoms with E-state index in [0.717, 1.165) is 19.5 Å². The molecule has 2 aliphatic heterocycles. The first-order chi connectivity index (χ1) is 11.5. The van der Waals surface area contributed by atoms with E-state index in [2.05, 4.69) is 41.0 Å². The van der Waals surface area contributed by atoms with Crippen molar-refractivity contribution in [1.29, 1.82) is 0 Å². The first-order valence-corrected chi connectivity index (χ1v) is 9.61. The Hall–Kier alpha value is -1.35. The van der Waals surface area contributed by atoms with E-state index in [1.807, 2.05) is 13.8 Å². The van der Waals surface area contributed by atoms with Crippen molar-refractivity contribution in [2.75, 3.05) is 26.2 Å². The minimum atomic E-state index is 0.0764. The summed E-state index contributed by atoms with van der Waals surface area (Å²) < 4.78 is 0. The van der Waals surface area contributed by atoms with Crippen LogP contribution in [0.15, 0.2) is 24.3 Å². The zero-order valence-electron chi connectivity index (χ0n) is 15.6. The van der Waals surface area contributed by atoms with Crippen LogP contribution in [0.4, 0.5) is 0 Å². The second-order valence-electron chi connectivity index (χ2n) is 8.14. The monoisotopic (exact) mass is 328 g/mol. The fourth-order valence-electron chi connectivity index (χ4n) is 4.43. The fraction of sp³-hybridized carbons (Fsp3) is 0.667. The Bertz CT molecular complexity index is 573. The number of benzene rings is 1. The van der Waals surface area contributed by atoms with Gasteiger partial charge in [-0.3, -0.25) is 4.79 Å². The molecule has 2 aliphatic rings. The molecule has 3 rings (SSSR count). The molecule has 24 heavy (non-hydrogen) atoms. The number of rotatable bonds is 3. The zero-order chi connectivity index (χ0) is 17.2. The molecule has 132 valence electrons. The number of amides is 1. The van der Waals surface area contributed by atoms with Crippen LogP contribution in [0.1, 0.15) is 51.2 Å². The Morgan fingerprint density at radius 2 is 1.83 bits per heavy atom.